The number of rotatable bonds is 12. The van der Waals surface area contributed by atoms with Gasteiger partial charge in [-0.25, -0.2) is 0 Å². The lowest BCUT2D eigenvalue weighted by Crippen LogP contribution is -2.11. The number of unbranched alkanes of at least 4 members (excludes halogenated alkanes) is 2. The molecule has 0 radical (unpaired) electrons. The van der Waals surface area contributed by atoms with E-state index in [2.05, 4.69) is 30.0 Å². The zero-order valence-corrected chi connectivity index (χ0v) is 12.8. The van der Waals surface area contributed by atoms with E-state index in [4.69, 9.17) is 6.42 Å². The molecule has 0 aromatic rings. The van der Waals surface area contributed by atoms with Crippen LogP contribution in [0.1, 0.15) is 84.5 Å². The molecule has 0 saturated carbocycles. The van der Waals surface area contributed by atoms with Crippen LogP contribution in [0.15, 0.2) is 10.2 Å². The second kappa shape index (κ2) is 9.13. The third kappa shape index (κ3) is 6.76. The first-order chi connectivity index (χ1) is 9.26. The van der Waals surface area contributed by atoms with E-state index in [1.54, 1.807) is 0 Å². The van der Waals surface area contributed by atoms with E-state index in [1.807, 2.05) is 0 Å². The highest BCUT2D eigenvalue weighted by Gasteiger charge is 2.38. The van der Waals surface area contributed by atoms with E-state index in [-0.39, 0.29) is 5.66 Å². The Balaban J connectivity index is 2.18. The second-order valence-electron chi connectivity index (χ2n) is 5.93. The van der Waals surface area contributed by atoms with Crippen molar-refractivity contribution >= 4 is 0 Å². The fourth-order valence-electron chi connectivity index (χ4n) is 2.76. The Morgan fingerprint density at radius 2 is 1.53 bits per heavy atom. The first-order valence-electron chi connectivity index (χ1n) is 8.14. The van der Waals surface area contributed by atoms with Crippen molar-refractivity contribution in [1.82, 2.24) is 0 Å². The van der Waals surface area contributed by atoms with Crippen LogP contribution in [0.2, 0.25) is 0 Å². The van der Waals surface area contributed by atoms with Crippen LogP contribution in [-0.2, 0) is 0 Å². The molecule has 19 heavy (non-hydrogen) atoms. The number of hydrogen-bond donors (Lipinski definition) is 0. The van der Waals surface area contributed by atoms with Gasteiger partial charge in [0.05, 0.1) is 0 Å². The highest BCUT2D eigenvalue weighted by Crippen LogP contribution is 2.38. The number of terminal acetylenes is 1. The second-order valence-corrected chi connectivity index (χ2v) is 5.93. The minimum absolute atomic E-state index is 0.0631. The standard InChI is InChI=1S/C17H30N2/c1-4-7-11-16(12-8-5-2)13-10-15-17(18-19-17)14-9-6-3/h3,16H,4-5,7-15H2,1-2H3. The Morgan fingerprint density at radius 3 is 2.00 bits per heavy atom. The number of nitrogens with zero attached hydrogens (tertiary/aromatic N) is 2. The Kier molecular flexibility index (Phi) is 7.79. The normalized spacial score (nSPS) is 15.7. The monoisotopic (exact) mass is 262 g/mol. The van der Waals surface area contributed by atoms with Gasteiger partial charge in [0.2, 0.25) is 0 Å². The maximum absolute atomic E-state index is 5.32. The SMILES string of the molecule is C#CCCC1(CCCC(CCCC)CCCC)N=N1. The summed E-state index contributed by atoms with van der Waals surface area (Å²) < 4.78 is 0. The smallest absolute Gasteiger partial charge is 0.159 e. The third-order valence-electron chi connectivity index (χ3n) is 4.17. The average molecular weight is 262 g/mol. The summed E-state index contributed by atoms with van der Waals surface area (Å²) in [6, 6.07) is 0. The van der Waals surface area contributed by atoms with Crippen molar-refractivity contribution in [3.63, 3.8) is 0 Å². The van der Waals surface area contributed by atoms with Gasteiger partial charge in [-0.15, -0.1) is 12.3 Å². The molecule has 0 unspecified atom stereocenters. The van der Waals surface area contributed by atoms with Crippen LogP contribution < -0.4 is 0 Å². The fraction of sp³-hybridized carbons (Fsp3) is 0.882. The maximum Gasteiger partial charge on any atom is 0.191 e. The molecule has 0 aliphatic carbocycles. The van der Waals surface area contributed by atoms with Crippen LogP contribution in [0.4, 0.5) is 0 Å². The summed E-state index contributed by atoms with van der Waals surface area (Å²) in [7, 11) is 0. The van der Waals surface area contributed by atoms with Crippen LogP contribution in [0.3, 0.4) is 0 Å². The van der Waals surface area contributed by atoms with Crippen molar-refractivity contribution in [3.05, 3.63) is 0 Å². The van der Waals surface area contributed by atoms with Gasteiger partial charge < -0.3 is 0 Å². The molecule has 0 saturated heterocycles. The maximum atomic E-state index is 5.32. The van der Waals surface area contributed by atoms with Crippen molar-refractivity contribution in [2.75, 3.05) is 0 Å². The lowest BCUT2D eigenvalue weighted by molar-refractivity contribution is 0.362. The van der Waals surface area contributed by atoms with Gasteiger partial charge in [0, 0.05) is 12.8 Å². The topological polar surface area (TPSA) is 24.7 Å². The summed E-state index contributed by atoms with van der Waals surface area (Å²) in [5.74, 6) is 3.62. The summed E-state index contributed by atoms with van der Waals surface area (Å²) in [6.07, 6.45) is 19.0. The zero-order valence-electron chi connectivity index (χ0n) is 12.8. The molecule has 2 heteroatoms. The predicted molar refractivity (Wildman–Crippen MR) is 82.0 cm³/mol. The van der Waals surface area contributed by atoms with Crippen molar-refractivity contribution in [1.29, 1.82) is 0 Å². The molecule has 0 spiro atoms. The molecule has 1 aliphatic heterocycles. The Bertz CT molecular complexity index is 287. The minimum atomic E-state index is -0.0631. The lowest BCUT2D eigenvalue weighted by Gasteiger charge is -2.17. The van der Waals surface area contributed by atoms with E-state index >= 15 is 0 Å². The van der Waals surface area contributed by atoms with E-state index < -0.39 is 0 Å². The molecule has 1 aliphatic rings. The quantitative estimate of drug-likeness (QED) is 0.401. The van der Waals surface area contributed by atoms with Crippen molar-refractivity contribution in [2.24, 2.45) is 16.1 Å². The van der Waals surface area contributed by atoms with Crippen LogP contribution >= 0.6 is 0 Å². The molecule has 0 aromatic heterocycles. The molecular formula is C17H30N2. The molecule has 108 valence electrons. The van der Waals surface area contributed by atoms with Crippen molar-refractivity contribution < 1.29 is 0 Å². The molecule has 2 nitrogen and oxygen atoms in total. The van der Waals surface area contributed by atoms with Crippen LogP contribution in [-0.4, -0.2) is 5.66 Å². The lowest BCUT2D eigenvalue weighted by atomic mass is 9.89. The van der Waals surface area contributed by atoms with Gasteiger partial charge >= 0.3 is 0 Å². The highest BCUT2D eigenvalue weighted by atomic mass is 15.4. The Hall–Kier alpha value is -0.840. The van der Waals surface area contributed by atoms with Gasteiger partial charge in [-0.05, 0) is 18.8 Å². The van der Waals surface area contributed by atoms with Gasteiger partial charge in [-0.3, -0.25) is 0 Å². The summed E-state index contributed by atoms with van der Waals surface area (Å²) in [6.45, 7) is 4.57. The average Bonchev–Trinajstić information content (AvgIpc) is 3.19. The Labute approximate surface area is 119 Å². The molecule has 0 aromatic carbocycles. The minimum Gasteiger partial charge on any atom is -0.159 e. The van der Waals surface area contributed by atoms with E-state index in [0.717, 1.165) is 25.2 Å². The van der Waals surface area contributed by atoms with Crippen LogP contribution in [0.25, 0.3) is 0 Å². The van der Waals surface area contributed by atoms with E-state index in [0.29, 0.717) is 0 Å². The first kappa shape index (κ1) is 16.2. The zero-order chi connectivity index (χ0) is 14.0. The van der Waals surface area contributed by atoms with Crippen molar-refractivity contribution in [3.8, 4) is 12.3 Å². The van der Waals surface area contributed by atoms with Gasteiger partial charge in [-0.2, -0.15) is 10.2 Å². The van der Waals surface area contributed by atoms with Gasteiger partial charge in [-0.1, -0.05) is 58.8 Å². The largest absolute Gasteiger partial charge is 0.191 e. The molecule has 0 fully saturated rings. The summed E-state index contributed by atoms with van der Waals surface area (Å²) in [5.41, 5.74) is -0.0631. The molecule has 0 bridgehead atoms. The Morgan fingerprint density at radius 1 is 0.947 bits per heavy atom. The van der Waals surface area contributed by atoms with E-state index in [1.165, 1.54) is 51.4 Å². The summed E-state index contributed by atoms with van der Waals surface area (Å²) in [5, 5.41) is 8.44. The first-order valence-corrected chi connectivity index (χ1v) is 8.14. The van der Waals surface area contributed by atoms with Gasteiger partial charge in [0.15, 0.2) is 5.66 Å². The fourth-order valence-corrected chi connectivity index (χ4v) is 2.76. The summed E-state index contributed by atoms with van der Waals surface area (Å²) in [4.78, 5) is 0. The molecule has 1 heterocycles. The highest BCUT2D eigenvalue weighted by molar-refractivity contribution is 4.97. The summed E-state index contributed by atoms with van der Waals surface area (Å²) >= 11 is 0. The van der Waals surface area contributed by atoms with Crippen LogP contribution in [0, 0.1) is 18.3 Å². The third-order valence-corrected chi connectivity index (χ3v) is 4.17. The van der Waals surface area contributed by atoms with Crippen molar-refractivity contribution in [2.45, 2.75) is 90.1 Å². The predicted octanol–water partition coefficient (Wildman–Crippen LogP) is 5.73. The molecule has 0 amide bonds. The molecule has 0 atom stereocenters. The molecular weight excluding hydrogens is 232 g/mol. The van der Waals surface area contributed by atoms with Crippen LogP contribution in [0.5, 0.6) is 0 Å². The number of hydrogen-bond acceptors (Lipinski definition) is 2. The van der Waals surface area contributed by atoms with E-state index in [9.17, 15) is 0 Å². The van der Waals surface area contributed by atoms with Gasteiger partial charge in [0.1, 0.15) is 0 Å². The molecule has 1 rings (SSSR count). The van der Waals surface area contributed by atoms with Gasteiger partial charge in [0.25, 0.3) is 0 Å². The molecule has 0 N–H and O–H groups in total.